The summed E-state index contributed by atoms with van der Waals surface area (Å²) < 4.78 is 12.9. The molecule has 4 heteroatoms. The maximum Gasteiger partial charge on any atom is 0.175 e. The van der Waals surface area contributed by atoms with Gasteiger partial charge in [0.05, 0.1) is 17.2 Å². The Kier molecular flexibility index (Phi) is 5.73. The van der Waals surface area contributed by atoms with Gasteiger partial charge in [-0.25, -0.2) is 0 Å². The molecular weight excluding hydrogens is 318 g/mol. The minimum absolute atomic E-state index is 0.290. The summed E-state index contributed by atoms with van der Waals surface area (Å²) in [7, 11) is 0. The molecule has 1 aromatic carbocycles. The van der Waals surface area contributed by atoms with E-state index in [9.17, 15) is 0 Å². The van der Waals surface area contributed by atoms with Gasteiger partial charge in [-0.3, -0.25) is 0 Å². The molecule has 1 aliphatic rings. The van der Waals surface area contributed by atoms with E-state index in [1.54, 1.807) is 0 Å². The van der Waals surface area contributed by atoms with Gasteiger partial charge in [0.25, 0.3) is 0 Å². The van der Waals surface area contributed by atoms with E-state index in [2.05, 4.69) is 22.9 Å². The predicted molar refractivity (Wildman–Crippen MR) is 85.3 cm³/mol. The molecule has 2 N–H and O–H groups in total. The minimum Gasteiger partial charge on any atom is -0.490 e. The van der Waals surface area contributed by atoms with E-state index in [0.29, 0.717) is 13.2 Å². The molecule has 0 aliphatic heterocycles. The van der Waals surface area contributed by atoms with Crippen LogP contribution in [-0.2, 0) is 6.54 Å². The van der Waals surface area contributed by atoms with Gasteiger partial charge < -0.3 is 15.2 Å². The molecule has 1 aromatic rings. The quantitative estimate of drug-likeness (QED) is 0.869. The summed E-state index contributed by atoms with van der Waals surface area (Å²) in [6.45, 7) is 5.40. The first-order valence-corrected chi connectivity index (χ1v) is 8.25. The summed E-state index contributed by atoms with van der Waals surface area (Å²) in [5, 5.41) is 0. The molecule has 2 rings (SSSR count). The molecule has 2 unspecified atom stereocenters. The van der Waals surface area contributed by atoms with Crippen LogP contribution in [0.25, 0.3) is 0 Å². The fraction of sp³-hybridized carbons (Fsp3) is 0.625. The van der Waals surface area contributed by atoms with Crippen molar-refractivity contribution in [3.8, 4) is 11.5 Å². The van der Waals surface area contributed by atoms with E-state index in [0.717, 1.165) is 40.3 Å². The van der Waals surface area contributed by atoms with Crippen molar-refractivity contribution in [2.45, 2.75) is 52.2 Å². The Morgan fingerprint density at radius 3 is 2.80 bits per heavy atom. The fourth-order valence-corrected chi connectivity index (χ4v) is 3.35. The first kappa shape index (κ1) is 15.6. The van der Waals surface area contributed by atoms with Crippen LogP contribution in [0.4, 0.5) is 0 Å². The number of benzene rings is 1. The molecule has 0 aromatic heterocycles. The Bertz CT molecular complexity index is 450. The highest BCUT2D eigenvalue weighted by Gasteiger charge is 2.23. The molecule has 1 fully saturated rings. The smallest absolute Gasteiger partial charge is 0.175 e. The third kappa shape index (κ3) is 3.89. The van der Waals surface area contributed by atoms with E-state index in [1.165, 1.54) is 12.8 Å². The lowest BCUT2D eigenvalue weighted by Crippen LogP contribution is -2.24. The van der Waals surface area contributed by atoms with E-state index >= 15 is 0 Å². The number of rotatable bonds is 5. The normalized spacial score (nSPS) is 22.6. The maximum atomic E-state index is 6.23. The first-order valence-electron chi connectivity index (χ1n) is 7.46. The van der Waals surface area contributed by atoms with Gasteiger partial charge in [0.15, 0.2) is 11.5 Å². The molecule has 0 spiro atoms. The van der Waals surface area contributed by atoms with Crippen molar-refractivity contribution in [2.24, 2.45) is 11.7 Å². The summed E-state index contributed by atoms with van der Waals surface area (Å²) in [5.74, 6) is 2.36. The monoisotopic (exact) mass is 341 g/mol. The lowest BCUT2D eigenvalue weighted by molar-refractivity contribution is 0.123. The molecule has 112 valence electrons. The second-order valence-electron chi connectivity index (χ2n) is 5.55. The molecule has 0 heterocycles. The lowest BCUT2D eigenvalue weighted by Gasteiger charge is -2.28. The van der Waals surface area contributed by atoms with Crippen molar-refractivity contribution >= 4 is 15.9 Å². The van der Waals surface area contributed by atoms with Crippen molar-refractivity contribution in [1.82, 2.24) is 0 Å². The topological polar surface area (TPSA) is 44.5 Å². The number of hydrogen-bond donors (Lipinski definition) is 1. The largest absolute Gasteiger partial charge is 0.490 e. The van der Waals surface area contributed by atoms with E-state index in [1.807, 2.05) is 19.1 Å². The summed E-state index contributed by atoms with van der Waals surface area (Å²) in [6, 6.07) is 4.00. The number of ether oxygens (including phenoxy) is 2. The van der Waals surface area contributed by atoms with Crippen LogP contribution < -0.4 is 15.2 Å². The molecular formula is C16H24BrNO2. The first-order chi connectivity index (χ1) is 9.63. The average molecular weight is 342 g/mol. The third-order valence-corrected chi connectivity index (χ3v) is 4.37. The Morgan fingerprint density at radius 2 is 2.15 bits per heavy atom. The summed E-state index contributed by atoms with van der Waals surface area (Å²) in [6.07, 6.45) is 5.09. The molecule has 0 amide bonds. The zero-order chi connectivity index (χ0) is 14.5. The average Bonchev–Trinajstić information content (AvgIpc) is 2.42. The van der Waals surface area contributed by atoms with Gasteiger partial charge in [-0.15, -0.1) is 0 Å². The van der Waals surface area contributed by atoms with Gasteiger partial charge in [-0.1, -0.05) is 13.3 Å². The van der Waals surface area contributed by atoms with Crippen molar-refractivity contribution in [3.63, 3.8) is 0 Å². The van der Waals surface area contributed by atoms with Crippen LogP contribution in [0.3, 0.4) is 0 Å². The van der Waals surface area contributed by atoms with Crippen molar-refractivity contribution in [1.29, 1.82) is 0 Å². The highest BCUT2D eigenvalue weighted by Crippen LogP contribution is 2.39. The Morgan fingerprint density at radius 1 is 1.35 bits per heavy atom. The Balaban J connectivity index is 2.20. The zero-order valence-corrected chi connectivity index (χ0v) is 13.9. The Hall–Kier alpha value is -0.740. The molecule has 0 saturated heterocycles. The second kappa shape index (κ2) is 7.32. The van der Waals surface area contributed by atoms with Gasteiger partial charge in [-0.2, -0.15) is 0 Å². The van der Waals surface area contributed by atoms with Crippen molar-refractivity contribution in [2.75, 3.05) is 6.61 Å². The van der Waals surface area contributed by atoms with Crippen molar-refractivity contribution in [3.05, 3.63) is 22.2 Å². The Labute approximate surface area is 130 Å². The van der Waals surface area contributed by atoms with Crippen LogP contribution in [0.2, 0.25) is 0 Å². The fourth-order valence-electron chi connectivity index (χ4n) is 2.77. The molecule has 1 saturated carbocycles. The lowest BCUT2D eigenvalue weighted by atomic mass is 9.89. The van der Waals surface area contributed by atoms with Crippen molar-refractivity contribution < 1.29 is 9.47 Å². The molecule has 1 aliphatic carbocycles. The highest BCUT2D eigenvalue weighted by molar-refractivity contribution is 9.10. The molecule has 0 radical (unpaired) electrons. The highest BCUT2D eigenvalue weighted by atomic mass is 79.9. The molecule has 3 nitrogen and oxygen atoms in total. The third-order valence-electron chi connectivity index (χ3n) is 3.78. The SMILES string of the molecule is CCOc1cc(CN)cc(Br)c1OC1CCCC(C)C1. The van der Waals surface area contributed by atoms with Crippen LogP contribution in [0.5, 0.6) is 11.5 Å². The minimum atomic E-state index is 0.290. The number of hydrogen-bond acceptors (Lipinski definition) is 3. The van der Waals surface area contributed by atoms with Crippen LogP contribution in [0, 0.1) is 5.92 Å². The second-order valence-corrected chi connectivity index (χ2v) is 6.41. The summed E-state index contributed by atoms with van der Waals surface area (Å²) in [4.78, 5) is 0. The van der Waals surface area contributed by atoms with Crippen LogP contribution in [0.15, 0.2) is 16.6 Å². The summed E-state index contributed by atoms with van der Waals surface area (Å²) in [5.41, 5.74) is 6.77. The van der Waals surface area contributed by atoms with Gasteiger partial charge in [0.2, 0.25) is 0 Å². The van der Waals surface area contributed by atoms with Gasteiger partial charge in [0, 0.05) is 6.54 Å². The van der Waals surface area contributed by atoms with Crippen LogP contribution in [-0.4, -0.2) is 12.7 Å². The molecule has 2 atom stereocenters. The number of nitrogens with two attached hydrogens (primary N) is 1. The van der Waals surface area contributed by atoms with Gasteiger partial charge in [-0.05, 0) is 65.7 Å². The van der Waals surface area contributed by atoms with Crippen LogP contribution >= 0.6 is 15.9 Å². The predicted octanol–water partition coefficient (Wildman–Crippen LogP) is 4.26. The molecule has 20 heavy (non-hydrogen) atoms. The van der Waals surface area contributed by atoms with Crippen LogP contribution in [0.1, 0.15) is 45.1 Å². The maximum absolute atomic E-state index is 6.23. The standard InChI is InChI=1S/C16H24BrNO2/c1-3-19-15-9-12(10-18)8-14(17)16(15)20-13-6-4-5-11(2)7-13/h8-9,11,13H,3-7,10,18H2,1-2H3. The van der Waals surface area contributed by atoms with Gasteiger partial charge in [0.1, 0.15) is 0 Å². The number of halogens is 1. The van der Waals surface area contributed by atoms with E-state index < -0.39 is 0 Å². The van der Waals surface area contributed by atoms with Gasteiger partial charge >= 0.3 is 0 Å². The van der Waals surface area contributed by atoms with E-state index in [4.69, 9.17) is 15.2 Å². The summed E-state index contributed by atoms with van der Waals surface area (Å²) >= 11 is 3.59. The van der Waals surface area contributed by atoms with E-state index in [-0.39, 0.29) is 6.10 Å². The zero-order valence-electron chi connectivity index (χ0n) is 12.3. The molecule has 0 bridgehead atoms.